The molecule has 0 heterocycles. The highest BCUT2D eigenvalue weighted by Gasteiger charge is 2.19. The summed E-state index contributed by atoms with van der Waals surface area (Å²) in [5, 5.41) is 5.86. The van der Waals surface area contributed by atoms with Crippen molar-refractivity contribution in [3.05, 3.63) is 36.0 Å². The molecule has 8 nitrogen and oxygen atoms in total. The molecule has 0 saturated heterocycles. The molecular formula is C17H20ClN3O5. The predicted octanol–water partition coefficient (Wildman–Crippen LogP) is 2.67. The fourth-order valence-corrected chi connectivity index (χ4v) is 1.92. The first-order valence-electron chi connectivity index (χ1n) is 7.67. The average molecular weight is 382 g/mol. The highest BCUT2D eigenvalue weighted by atomic mass is 35.5. The summed E-state index contributed by atoms with van der Waals surface area (Å²) in [7, 11) is 0. The number of hydrogen-bond donors (Lipinski definition) is 2. The lowest BCUT2D eigenvalue weighted by atomic mass is 10.1. The van der Waals surface area contributed by atoms with Gasteiger partial charge in [-0.25, -0.2) is 4.79 Å². The van der Waals surface area contributed by atoms with Crippen molar-refractivity contribution in [2.45, 2.75) is 27.2 Å². The maximum Gasteiger partial charge on any atom is 0.363 e. The van der Waals surface area contributed by atoms with Crippen molar-refractivity contribution in [3.63, 3.8) is 0 Å². The maximum absolute atomic E-state index is 12.3. The van der Waals surface area contributed by atoms with Crippen LogP contribution in [-0.2, 0) is 19.2 Å². The molecule has 0 atom stereocenters. The van der Waals surface area contributed by atoms with Gasteiger partial charge in [0.05, 0.1) is 22.6 Å². The summed E-state index contributed by atoms with van der Waals surface area (Å²) in [4.78, 5) is 52.0. The van der Waals surface area contributed by atoms with Crippen molar-refractivity contribution >= 4 is 46.7 Å². The zero-order valence-corrected chi connectivity index (χ0v) is 15.5. The van der Waals surface area contributed by atoms with Crippen LogP contribution in [0.3, 0.4) is 0 Å². The van der Waals surface area contributed by atoms with Crippen LogP contribution in [0.4, 0.5) is 11.4 Å². The van der Waals surface area contributed by atoms with Crippen LogP contribution < -0.4 is 10.6 Å². The number of nitrogens with zero attached hydrogens (tertiary/aromatic N) is 1. The molecule has 0 aliphatic rings. The Morgan fingerprint density at radius 3 is 2.23 bits per heavy atom. The van der Waals surface area contributed by atoms with Gasteiger partial charge >= 0.3 is 5.97 Å². The van der Waals surface area contributed by atoms with E-state index in [9.17, 15) is 19.2 Å². The van der Waals surface area contributed by atoms with Crippen molar-refractivity contribution in [2.75, 3.05) is 16.5 Å². The summed E-state index contributed by atoms with van der Waals surface area (Å²) in [6, 6.07) is 4.13. The minimum absolute atomic E-state index is 0.0628. The van der Waals surface area contributed by atoms with E-state index in [-0.39, 0.29) is 40.8 Å². The molecule has 1 aromatic rings. The van der Waals surface area contributed by atoms with Gasteiger partial charge in [-0.3, -0.25) is 14.4 Å². The van der Waals surface area contributed by atoms with Crippen LogP contribution in [0.15, 0.2) is 30.5 Å². The Bertz CT molecular complexity index is 734. The first kappa shape index (κ1) is 21.2. The molecule has 1 rings (SSSR count). The fourth-order valence-electron chi connectivity index (χ4n) is 1.85. The van der Waals surface area contributed by atoms with Gasteiger partial charge in [-0.15, -0.1) is 16.7 Å². The maximum atomic E-state index is 12.3. The second kappa shape index (κ2) is 9.57. The number of rotatable bonds is 6. The molecule has 3 amide bonds. The number of halogens is 1. The minimum atomic E-state index is -0.828. The number of nitrogens with one attached hydrogen (secondary N) is 2. The third kappa shape index (κ3) is 5.89. The number of hydrogen-bond acceptors (Lipinski definition) is 5. The van der Waals surface area contributed by atoms with Crippen LogP contribution in [0.25, 0.3) is 0 Å². The molecule has 0 aliphatic carbocycles. The number of carbonyl (C=O) groups excluding carboxylic acids is 4. The number of carbonyl (C=O) groups is 4. The van der Waals surface area contributed by atoms with Crippen LogP contribution in [0.5, 0.6) is 0 Å². The molecule has 0 bridgehead atoms. The monoisotopic (exact) mass is 381 g/mol. The summed E-state index contributed by atoms with van der Waals surface area (Å²) < 4.78 is 0. The molecule has 9 heteroatoms. The van der Waals surface area contributed by atoms with Gasteiger partial charge in [-0.2, -0.15) is 0 Å². The Kier molecular flexibility index (Phi) is 7.79. The molecule has 1 aromatic carbocycles. The summed E-state index contributed by atoms with van der Waals surface area (Å²) in [6.45, 7) is 7.94. The van der Waals surface area contributed by atoms with Crippen molar-refractivity contribution < 1.29 is 24.0 Å². The van der Waals surface area contributed by atoms with Gasteiger partial charge in [0.15, 0.2) is 0 Å². The van der Waals surface area contributed by atoms with Crippen molar-refractivity contribution in [1.29, 1.82) is 0 Å². The molecule has 0 saturated carbocycles. The van der Waals surface area contributed by atoms with Gasteiger partial charge in [-0.1, -0.05) is 13.5 Å². The minimum Gasteiger partial charge on any atom is -0.328 e. The molecule has 2 N–H and O–H groups in total. The van der Waals surface area contributed by atoms with E-state index in [1.807, 2.05) is 0 Å². The van der Waals surface area contributed by atoms with Gasteiger partial charge in [0.1, 0.15) is 5.88 Å². The van der Waals surface area contributed by atoms with E-state index in [1.165, 1.54) is 32.0 Å². The Labute approximate surface area is 156 Å². The van der Waals surface area contributed by atoms with Crippen molar-refractivity contribution in [1.82, 2.24) is 5.06 Å². The van der Waals surface area contributed by atoms with Gasteiger partial charge in [0.25, 0.3) is 5.91 Å². The quantitative estimate of drug-likeness (QED) is 0.582. The Morgan fingerprint density at radius 1 is 1.12 bits per heavy atom. The van der Waals surface area contributed by atoms with E-state index in [0.717, 1.165) is 5.06 Å². The first-order chi connectivity index (χ1) is 12.2. The molecule has 0 aliphatic heterocycles. The number of amides is 3. The zero-order valence-electron chi connectivity index (χ0n) is 14.7. The van der Waals surface area contributed by atoms with Gasteiger partial charge < -0.3 is 15.5 Å². The lowest BCUT2D eigenvalue weighted by Crippen LogP contribution is -2.29. The molecule has 26 heavy (non-hydrogen) atoms. The van der Waals surface area contributed by atoms with E-state index in [4.69, 9.17) is 16.4 Å². The van der Waals surface area contributed by atoms with E-state index in [0.29, 0.717) is 0 Å². The van der Waals surface area contributed by atoms with Crippen LogP contribution >= 0.6 is 11.6 Å². The lowest BCUT2D eigenvalue weighted by molar-refractivity contribution is -0.156. The predicted molar refractivity (Wildman–Crippen MR) is 97.5 cm³/mol. The topological polar surface area (TPSA) is 105 Å². The summed E-state index contributed by atoms with van der Waals surface area (Å²) in [5.41, 5.74) is 0.774. The zero-order chi connectivity index (χ0) is 19.9. The Morgan fingerprint density at radius 2 is 1.73 bits per heavy atom. The molecule has 0 spiro atoms. The highest BCUT2D eigenvalue weighted by molar-refractivity contribution is 6.29. The largest absolute Gasteiger partial charge is 0.363 e. The normalized spacial score (nSPS) is 9.85. The number of benzene rings is 1. The number of hydroxylamine groups is 2. The molecule has 0 radical (unpaired) electrons. The summed E-state index contributed by atoms with van der Waals surface area (Å²) in [5.74, 6) is -2.40. The third-order valence-corrected chi connectivity index (χ3v) is 3.30. The van der Waals surface area contributed by atoms with Gasteiger partial charge in [-0.05, 0) is 25.1 Å². The lowest BCUT2D eigenvalue weighted by Gasteiger charge is -2.19. The molecular weight excluding hydrogens is 362 g/mol. The molecule has 0 aromatic heterocycles. The third-order valence-electron chi connectivity index (χ3n) is 3.05. The van der Waals surface area contributed by atoms with Gasteiger partial charge in [0.2, 0.25) is 11.8 Å². The fraction of sp³-hybridized carbons (Fsp3) is 0.294. The van der Waals surface area contributed by atoms with E-state index in [2.05, 4.69) is 17.2 Å². The number of alkyl halides is 1. The standard InChI is InChI=1S/C17H20ClN3O5/c1-5-15(23)20-14-8-12(6-7-13(14)19-16(24)9-18)17(25)26-21(10(2)3)11(4)22/h6-8H,2,5,9H2,1,3-4H3,(H,19,24)(H,20,23). The Hall–Kier alpha value is -2.87. The Balaban J connectivity index is 3.15. The highest BCUT2D eigenvalue weighted by Crippen LogP contribution is 2.24. The van der Waals surface area contributed by atoms with Crippen molar-refractivity contribution in [2.24, 2.45) is 0 Å². The van der Waals surface area contributed by atoms with E-state index in [1.54, 1.807) is 6.92 Å². The summed E-state index contributed by atoms with van der Waals surface area (Å²) >= 11 is 5.47. The summed E-state index contributed by atoms with van der Waals surface area (Å²) in [6.07, 6.45) is 0.200. The second-order valence-electron chi connectivity index (χ2n) is 5.27. The SMILES string of the molecule is C=C(C)N(OC(=O)c1ccc(NC(=O)CCl)c(NC(=O)CC)c1)C(C)=O. The van der Waals surface area contributed by atoms with Crippen LogP contribution in [-0.4, -0.2) is 34.6 Å². The smallest absolute Gasteiger partial charge is 0.328 e. The molecule has 0 fully saturated rings. The first-order valence-corrected chi connectivity index (χ1v) is 8.21. The van der Waals surface area contributed by atoms with Crippen molar-refractivity contribution in [3.8, 4) is 0 Å². The van der Waals surface area contributed by atoms with Crippen LogP contribution in [0, 0.1) is 0 Å². The van der Waals surface area contributed by atoms with Crippen LogP contribution in [0.2, 0.25) is 0 Å². The number of anilines is 2. The average Bonchev–Trinajstić information content (AvgIpc) is 2.59. The van der Waals surface area contributed by atoms with Crippen LogP contribution in [0.1, 0.15) is 37.6 Å². The van der Waals surface area contributed by atoms with E-state index < -0.39 is 17.8 Å². The van der Waals surface area contributed by atoms with Gasteiger partial charge in [0, 0.05) is 13.3 Å². The molecule has 0 unspecified atom stereocenters. The van der Waals surface area contributed by atoms with E-state index >= 15 is 0 Å². The number of allylic oxidation sites excluding steroid dienone is 1. The second-order valence-corrected chi connectivity index (χ2v) is 5.54. The molecule has 140 valence electrons.